The van der Waals surface area contributed by atoms with Crippen LogP contribution in [0.2, 0.25) is 0 Å². The Morgan fingerprint density at radius 3 is 2.45 bits per heavy atom. The molecule has 0 saturated heterocycles. The largest absolute Gasteiger partial charge is 0.455 e. The van der Waals surface area contributed by atoms with E-state index in [0.717, 1.165) is 11.3 Å². The minimum absolute atomic E-state index is 0.0901. The van der Waals surface area contributed by atoms with Gasteiger partial charge in [-0.3, -0.25) is 4.79 Å². The molecule has 0 radical (unpaired) electrons. The lowest BCUT2D eigenvalue weighted by atomic mass is 10.1. The summed E-state index contributed by atoms with van der Waals surface area (Å²) >= 11 is 0. The highest BCUT2D eigenvalue weighted by molar-refractivity contribution is 7.90. The number of aromatic nitrogens is 2. The molecule has 2 aromatic carbocycles. The van der Waals surface area contributed by atoms with E-state index in [0.29, 0.717) is 13.0 Å². The van der Waals surface area contributed by atoms with Gasteiger partial charge in [0.2, 0.25) is 0 Å². The molecule has 4 rings (SSSR count). The van der Waals surface area contributed by atoms with E-state index in [-0.39, 0.29) is 28.1 Å². The Bertz CT molecular complexity index is 1250. The van der Waals surface area contributed by atoms with Crippen molar-refractivity contribution in [1.29, 1.82) is 0 Å². The number of sulfone groups is 1. The van der Waals surface area contributed by atoms with Gasteiger partial charge in [-0.2, -0.15) is 5.10 Å². The lowest BCUT2D eigenvalue weighted by molar-refractivity contribution is 0.0925. The van der Waals surface area contributed by atoms with Crippen molar-refractivity contribution in [3.63, 3.8) is 0 Å². The van der Waals surface area contributed by atoms with Crippen molar-refractivity contribution in [1.82, 2.24) is 15.1 Å². The van der Waals surface area contributed by atoms with Gasteiger partial charge in [0.15, 0.2) is 15.6 Å². The summed E-state index contributed by atoms with van der Waals surface area (Å²) in [7, 11) is -3.53. The molecule has 0 spiro atoms. The molecule has 158 valence electrons. The Kier molecular flexibility index (Phi) is 5.99. The first kappa shape index (κ1) is 20.6. The maximum Gasteiger partial charge on any atom is 0.287 e. The van der Waals surface area contributed by atoms with E-state index in [9.17, 15) is 13.2 Å². The van der Waals surface area contributed by atoms with Crippen LogP contribution in [0.5, 0.6) is 0 Å². The van der Waals surface area contributed by atoms with Crippen LogP contribution < -0.4 is 5.32 Å². The minimum atomic E-state index is -3.53. The third-order valence-electron chi connectivity index (χ3n) is 4.72. The van der Waals surface area contributed by atoms with Gasteiger partial charge in [-0.1, -0.05) is 30.3 Å². The Morgan fingerprint density at radius 2 is 1.74 bits per heavy atom. The van der Waals surface area contributed by atoms with Gasteiger partial charge in [0, 0.05) is 18.9 Å². The molecular weight excluding hydrogens is 414 g/mol. The average Bonchev–Trinajstić information content (AvgIpc) is 3.47. The van der Waals surface area contributed by atoms with E-state index in [1.165, 1.54) is 24.3 Å². The van der Waals surface area contributed by atoms with Crippen LogP contribution in [0.3, 0.4) is 0 Å². The fourth-order valence-corrected chi connectivity index (χ4v) is 4.39. The molecule has 0 aliphatic carbocycles. The number of hydrogen-bond donors (Lipinski definition) is 1. The zero-order valence-electron chi connectivity index (χ0n) is 16.6. The fourth-order valence-electron chi connectivity index (χ4n) is 3.12. The summed E-state index contributed by atoms with van der Waals surface area (Å²) in [6, 6.07) is 20.9. The molecule has 0 saturated carbocycles. The minimum Gasteiger partial charge on any atom is -0.455 e. The lowest BCUT2D eigenvalue weighted by Gasteiger charge is -2.06. The summed E-state index contributed by atoms with van der Waals surface area (Å²) in [6.07, 6.45) is 4.25. The third kappa shape index (κ3) is 5.10. The molecule has 1 amide bonds. The summed E-state index contributed by atoms with van der Waals surface area (Å²) in [5.41, 5.74) is 2.04. The van der Waals surface area contributed by atoms with Crippen LogP contribution in [0.4, 0.5) is 0 Å². The zero-order valence-corrected chi connectivity index (χ0v) is 17.5. The lowest BCUT2D eigenvalue weighted by Crippen LogP contribution is -2.25. The van der Waals surface area contributed by atoms with Gasteiger partial charge in [-0.25, -0.2) is 13.1 Å². The molecule has 0 fully saturated rings. The Balaban J connectivity index is 1.30. The number of furan rings is 1. The zero-order chi connectivity index (χ0) is 21.7. The van der Waals surface area contributed by atoms with Gasteiger partial charge < -0.3 is 9.73 Å². The molecule has 4 aromatic rings. The quantitative estimate of drug-likeness (QED) is 0.458. The first-order valence-electron chi connectivity index (χ1n) is 9.75. The van der Waals surface area contributed by atoms with Gasteiger partial charge in [0.05, 0.1) is 10.6 Å². The van der Waals surface area contributed by atoms with E-state index in [4.69, 9.17) is 4.42 Å². The highest BCUT2D eigenvalue weighted by atomic mass is 32.2. The maximum absolute atomic E-state index is 12.4. The van der Waals surface area contributed by atoms with Gasteiger partial charge in [0.25, 0.3) is 5.91 Å². The number of nitrogens with zero attached hydrogens (tertiary/aromatic N) is 2. The Hall–Kier alpha value is -3.65. The molecule has 8 heteroatoms. The fraction of sp³-hybridized carbons (Fsp3) is 0.130. The third-order valence-corrected chi connectivity index (χ3v) is 6.38. The smallest absolute Gasteiger partial charge is 0.287 e. The van der Waals surface area contributed by atoms with Gasteiger partial charge in [0.1, 0.15) is 11.5 Å². The topological polar surface area (TPSA) is 94.2 Å². The Labute approximate surface area is 180 Å². The average molecular weight is 436 g/mol. The highest BCUT2D eigenvalue weighted by Crippen LogP contribution is 2.18. The van der Waals surface area contributed by atoms with Crippen LogP contribution >= 0.6 is 0 Å². The van der Waals surface area contributed by atoms with Crippen LogP contribution in [0.1, 0.15) is 21.9 Å². The van der Waals surface area contributed by atoms with E-state index >= 15 is 0 Å². The molecule has 7 nitrogen and oxygen atoms in total. The van der Waals surface area contributed by atoms with Crippen molar-refractivity contribution in [3.05, 3.63) is 102 Å². The number of hydrogen-bond acceptors (Lipinski definition) is 5. The molecule has 0 bridgehead atoms. The molecule has 0 aliphatic heterocycles. The molecule has 2 aromatic heterocycles. The first-order valence-corrected chi connectivity index (χ1v) is 11.4. The first-order chi connectivity index (χ1) is 15.0. The van der Waals surface area contributed by atoms with Crippen molar-refractivity contribution in [2.45, 2.75) is 17.1 Å². The predicted octanol–water partition coefficient (Wildman–Crippen LogP) is 3.41. The monoisotopic (exact) mass is 435 g/mol. The highest BCUT2D eigenvalue weighted by Gasteiger charge is 2.19. The van der Waals surface area contributed by atoms with Crippen molar-refractivity contribution in [2.75, 3.05) is 6.54 Å². The second-order valence-corrected chi connectivity index (χ2v) is 8.95. The summed E-state index contributed by atoms with van der Waals surface area (Å²) in [4.78, 5) is 12.5. The number of carbonyl (C=O) groups is 1. The number of nitrogens with one attached hydrogen (secondary N) is 1. The number of rotatable bonds is 8. The number of carbonyl (C=O) groups excluding carboxylic acids is 1. The van der Waals surface area contributed by atoms with E-state index in [1.54, 1.807) is 29.1 Å². The molecule has 0 atom stereocenters. The van der Waals surface area contributed by atoms with E-state index in [1.807, 2.05) is 36.5 Å². The SMILES string of the molecule is O=C(NCCc1ccc(-n2cccn2)cc1)c1ccc(CS(=O)(=O)c2ccccc2)o1. The van der Waals surface area contributed by atoms with Crippen molar-refractivity contribution >= 4 is 15.7 Å². The predicted molar refractivity (Wildman–Crippen MR) is 116 cm³/mol. The van der Waals surface area contributed by atoms with Crippen LogP contribution in [0.25, 0.3) is 5.69 Å². The van der Waals surface area contributed by atoms with Gasteiger partial charge in [-0.05, 0) is 54.4 Å². The summed E-state index contributed by atoms with van der Waals surface area (Å²) in [5, 5.41) is 6.99. The molecule has 0 aliphatic rings. The van der Waals surface area contributed by atoms with Gasteiger partial charge >= 0.3 is 0 Å². The number of amides is 1. The normalized spacial score (nSPS) is 11.4. The summed E-state index contributed by atoms with van der Waals surface area (Å²) in [5.74, 6) is -0.362. The Morgan fingerprint density at radius 1 is 0.968 bits per heavy atom. The molecule has 2 heterocycles. The van der Waals surface area contributed by atoms with Crippen molar-refractivity contribution in [3.8, 4) is 5.69 Å². The second-order valence-electron chi connectivity index (χ2n) is 6.96. The number of benzene rings is 2. The molecule has 1 N–H and O–H groups in total. The van der Waals surface area contributed by atoms with Crippen LogP contribution in [0, 0.1) is 0 Å². The van der Waals surface area contributed by atoms with Crippen molar-refractivity contribution < 1.29 is 17.6 Å². The van der Waals surface area contributed by atoms with E-state index in [2.05, 4.69) is 10.4 Å². The van der Waals surface area contributed by atoms with Crippen LogP contribution in [-0.4, -0.2) is 30.7 Å². The summed E-state index contributed by atoms with van der Waals surface area (Å²) < 4.78 is 32.1. The van der Waals surface area contributed by atoms with Crippen LogP contribution in [-0.2, 0) is 22.0 Å². The van der Waals surface area contributed by atoms with E-state index < -0.39 is 9.84 Å². The molecule has 31 heavy (non-hydrogen) atoms. The maximum atomic E-state index is 12.4. The molecular formula is C23H21N3O4S. The second kappa shape index (κ2) is 9.01. The standard InChI is InChI=1S/C23H21N3O4S/c27-23(24-15-13-18-7-9-19(10-8-18)26-16-4-14-25-26)22-12-11-20(30-22)17-31(28,29)21-5-2-1-3-6-21/h1-12,14,16H,13,15,17H2,(H,24,27). The van der Waals surface area contributed by atoms with Gasteiger partial charge in [-0.15, -0.1) is 0 Å². The van der Waals surface area contributed by atoms with Crippen molar-refractivity contribution in [2.24, 2.45) is 0 Å². The van der Waals surface area contributed by atoms with Crippen LogP contribution in [0.15, 0.2) is 94.5 Å². The summed E-state index contributed by atoms with van der Waals surface area (Å²) in [6.45, 7) is 0.429. The molecule has 0 unspecified atom stereocenters.